The number of hydrogen-bond acceptors (Lipinski definition) is 4. The molecular weight excluding hydrogens is 323 g/mol. The maximum absolute atomic E-state index is 13.0. The molecule has 2 fully saturated rings. The van der Waals surface area contributed by atoms with Crippen LogP contribution in [0.5, 0.6) is 0 Å². The number of nitrogens with zero attached hydrogens (tertiary/aromatic N) is 3. The van der Waals surface area contributed by atoms with Gasteiger partial charge in [-0.05, 0) is 36.7 Å². The number of alkyl halides is 1. The van der Waals surface area contributed by atoms with Crippen molar-refractivity contribution in [2.45, 2.75) is 57.7 Å². The molecule has 0 unspecified atom stereocenters. The van der Waals surface area contributed by atoms with Crippen molar-refractivity contribution in [2.75, 3.05) is 19.6 Å². The molecule has 1 aliphatic heterocycles. The largest absolute Gasteiger partial charge is 0.368 e. The second-order valence-electron chi connectivity index (χ2n) is 7.76. The minimum atomic E-state index is -0.727. The molecule has 0 radical (unpaired) electrons. The summed E-state index contributed by atoms with van der Waals surface area (Å²) >= 11 is 0. The van der Waals surface area contributed by atoms with Gasteiger partial charge in [0.15, 0.2) is 0 Å². The van der Waals surface area contributed by atoms with Crippen molar-refractivity contribution in [2.24, 2.45) is 11.7 Å². The van der Waals surface area contributed by atoms with Gasteiger partial charge in [0.2, 0.25) is 5.91 Å². The molecule has 1 aromatic heterocycles. The molecule has 3 rings (SSSR count). The summed E-state index contributed by atoms with van der Waals surface area (Å²) in [4.78, 5) is 26.4. The molecular formula is C18H27FN4O2. The zero-order valence-corrected chi connectivity index (χ0v) is 14.9. The second-order valence-corrected chi connectivity index (χ2v) is 7.76. The van der Waals surface area contributed by atoms with E-state index in [4.69, 9.17) is 5.73 Å². The van der Waals surface area contributed by atoms with Crippen molar-refractivity contribution >= 4 is 5.91 Å². The number of likely N-dealkylation sites (tertiary alicyclic amines) is 1. The predicted molar refractivity (Wildman–Crippen MR) is 93.2 cm³/mol. The fourth-order valence-electron chi connectivity index (χ4n) is 3.42. The summed E-state index contributed by atoms with van der Waals surface area (Å²) in [5.41, 5.74) is 7.10. The van der Waals surface area contributed by atoms with Crippen LogP contribution in [0.4, 0.5) is 4.39 Å². The molecule has 1 atom stereocenters. The molecule has 1 aliphatic carbocycles. The van der Waals surface area contributed by atoms with Crippen molar-refractivity contribution in [1.82, 2.24) is 14.7 Å². The zero-order valence-electron chi connectivity index (χ0n) is 14.9. The molecule has 1 saturated heterocycles. The molecule has 25 heavy (non-hydrogen) atoms. The average molecular weight is 350 g/mol. The number of amides is 1. The SMILES string of the molecule is CC(C)C[C@@H](C(N)=O)n1nc(CCN2CC(F)C2)c(C2CC2)cc1=O. The Kier molecular flexibility index (Phi) is 5.22. The van der Waals surface area contributed by atoms with Crippen LogP contribution in [0.3, 0.4) is 0 Å². The summed E-state index contributed by atoms with van der Waals surface area (Å²) in [6.07, 6.45) is 2.56. The van der Waals surface area contributed by atoms with E-state index in [0.717, 1.165) is 30.6 Å². The van der Waals surface area contributed by atoms with Crippen LogP contribution < -0.4 is 11.3 Å². The van der Waals surface area contributed by atoms with Gasteiger partial charge < -0.3 is 5.73 Å². The lowest BCUT2D eigenvalue weighted by Gasteiger charge is -2.34. The van der Waals surface area contributed by atoms with Crippen molar-refractivity contribution in [3.8, 4) is 0 Å². The third kappa shape index (κ3) is 4.26. The molecule has 6 nitrogen and oxygen atoms in total. The molecule has 1 aromatic rings. The Morgan fingerprint density at radius 1 is 1.40 bits per heavy atom. The highest BCUT2D eigenvalue weighted by Crippen LogP contribution is 2.41. The summed E-state index contributed by atoms with van der Waals surface area (Å²) in [7, 11) is 0. The van der Waals surface area contributed by atoms with Gasteiger partial charge in [-0.15, -0.1) is 0 Å². The number of halogens is 1. The van der Waals surface area contributed by atoms with Crippen molar-refractivity contribution in [3.63, 3.8) is 0 Å². The first-order chi connectivity index (χ1) is 11.8. The Morgan fingerprint density at radius 2 is 2.08 bits per heavy atom. The smallest absolute Gasteiger partial charge is 0.267 e. The maximum atomic E-state index is 13.0. The van der Waals surface area contributed by atoms with E-state index in [2.05, 4.69) is 5.10 Å². The van der Waals surface area contributed by atoms with Gasteiger partial charge in [-0.3, -0.25) is 14.5 Å². The lowest BCUT2D eigenvalue weighted by atomic mass is 10.0. The number of aromatic nitrogens is 2. The highest BCUT2D eigenvalue weighted by Gasteiger charge is 2.31. The molecule has 1 saturated carbocycles. The molecule has 2 N–H and O–H groups in total. The number of carbonyl (C=O) groups excluding carboxylic acids is 1. The van der Waals surface area contributed by atoms with Gasteiger partial charge in [-0.1, -0.05) is 13.8 Å². The number of nitrogens with two attached hydrogens (primary N) is 1. The summed E-state index contributed by atoms with van der Waals surface area (Å²) in [6, 6.07) is 0.906. The molecule has 2 heterocycles. The van der Waals surface area contributed by atoms with Crippen molar-refractivity contribution in [1.29, 1.82) is 0 Å². The average Bonchev–Trinajstić information content (AvgIpc) is 3.33. The van der Waals surface area contributed by atoms with Crippen LogP contribution in [0.1, 0.15) is 56.3 Å². The van der Waals surface area contributed by atoms with Crippen LogP contribution >= 0.6 is 0 Å². The highest BCUT2D eigenvalue weighted by molar-refractivity contribution is 5.78. The Hall–Kier alpha value is -1.76. The number of primary amides is 1. The van der Waals surface area contributed by atoms with Crippen molar-refractivity contribution in [3.05, 3.63) is 27.7 Å². The van der Waals surface area contributed by atoms with E-state index in [0.29, 0.717) is 31.8 Å². The Labute approximate surface area is 147 Å². The topological polar surface area (TPSA) is 81.2 Å². The van der Waals surface area contributed by atoms with E-state index >= 15 is 0 Å². The number of hydrogen-bond donors (Lipinski definition) is 1. The fourth-order valence-corrected chi connectivity index (χ4v) is 3.42. The monoisotopic (exact) mass is 350 g/mol. The lowest BCUT2D eigenvalue weighted by Crippen LogP contribution is -2.49. The second kappa shape index (κ2) is 7.23. The van der Waals surface area contributed by atoms with Crippen LogP contribution in [-0.4, -0.2) is 46.4 Å². The van der Waals surface area contributed by atoms with Crippen LogP contribution in [0.2, 0.25) is 0 Å². The first-order valence-electron chi connectivity index (χ1n) is 9.13. The summed E-state index contributed by atoms with van der Waals surface area (Å²) in [5, 5.41) is 4.54. The standard InChI is InChI=1S/C18H27FN4O2/c1-11(2)7-16(18(20)25)23-17(24)8-14(12-3-4-12)15(21-23)5-6-22-9-13(19)10-22/h8,11-13,16H,3-7,9-10H2,1-2H3,(H2,20,25)/t16-/m0/s1. The Bertz CT molecular complexity index is 693. The van der Waals surface area contributed by atoms with Gasteiger partial charge in [0.25, 0.3) is 5.56 Å². The third-order valence-corrected chi connectivity index (χ3v) is 4.98. The van der Waals surface area contributed by atoms with E-state index in [-0.39, 0.29) is 11.5 Å². The van der Waals surface area contributed by atoms with E-state index in [9.17, 15) is 14.0 Å². The lowest BCUT2D eigenvalue weighted by molar-refractivity contribution is -0.122. The van der Waals surface area contributed by atoms with Gasteiger partial charge in [-0.2, -0.15) is 5.10 Å². The molecule has 1 amide bonds. The van der Waals surface area contributed by atoms with Crippen LogP contribution in [0.15, 0.2) is 10.9 Å². The normalized spacial score (nSPS) is 19.8. The van der Waals surface area contributed by atoms with Gasteiger partial charge in [0.05, 0.1) is 5.69 Å². The van der Waals surface area contributed by atoms with Crippen LogP contribution in [0, 0.1) is 5.92 Å². The van der Waals surface area contributed by atoms with E-state index in [1.165, 1.54) is 4.68 Å². The summed E-state index contributed by atoms with van der Waals surface area (Å²) < 4.78 is 14.3. The highest BCUT2D eigenvalue weighted by atomic mass is 19.1. The van der Waals surface area contributed by atoms with Gasteiger partial charge >= 0.3 is 0 Å². The van der Waals surface area contributed by atoms with E-state index < -0.39 is 18.1 Å². The zero-order chi connectivity index (χ0) is 18.1. The molecule has 0 bridgehead atoms. The number of carbonyl (C=O) groups is 1. The minimum Gasteiger partial charge on any atom is -0.368 e. The minimum absolute atomic E-state index is 0.223. The summed E-state index contributed by atoms with van der Waals surface area (Å²) in [6.45, 7) is 5.62. The molecule has 138 valence electrons. The quantitative estimate of drug-likeness (QED) is 0.768. The van der Waals surface area contributed by atoms with Crippen LogP contribution in [-0.2, 0) is 11.2 Å². The summed E-state index contributed by atoms with van der Waals surface area (Å²) in [5.74, 6) is 0.0871. The van der Waals surface area contributed by atoms with E-state index in [1.807, 2.05) is 18.7 Å². The number of rotatable bonds is 8. The molecule has 0 aromatic carbocycles. The first kappa shape index (κ1) is 18.0. The Balaban J connectivity index is 1.86. The molecule has 7 heteroatoms. The van der Waals surface area contributed by atoms with Crippen molar-refractivity contribution < 1.29 is 9.18 Å². The van der Waals surface area contributed by atoms with E-state index in [1.54, 1.807) is 6.07 Å². The third-order valence-electron chi connectivity index (χ3n) is 4.98. The Morgan fingerprint density at radius 3 is 2.60 bits per heavy atom. The molecule has 2 aliphatic rings. The van der Waals surface area contributed by atoms with Crippen LogP contribution in [0.25, 0.3) is 0 Å². The first-order valence-corrected chi connectivity index (χ1v) is 9.13. The maximum Gasteiger partial charge on any atom is 0.267 e. The predicted octanol–water partition coefficient (Wildman–Crippen LogP) is 1.39. The van der Waals surface area contributed by atoms with Gasteiger partial charge in [0.1, 0.15) is 12.2 Å². The molecule has 0 spiro atoms. The van der Waals surface area contributed by atoms with Gasteiger partial charge in [-0.25, -0.2) is 9.07 Å². The fraction of sp³-hybridized carbons (Fsp3) is 0.722. The van der Waals surface area contributed by atoms with Gasteiger partial charge in [0, 0.05) is 32.1 Å².